The number of aromatic nitrogens is 1. The standard InChI is InChI=1S/C11H16N2S/c1-4-5-6-12-7-10-8-13-11(14-10)9(2)3/h8-9,12H,6-7H2,1-3H3. The average Bonchev–Trinajstić information content (AvgIpc) is 2.61. The zero-order valence-electron chi connectivity index (χ0n) is 8.92. The highest BCUT2D eigenvalue weighted by Gasteiger charge is 2.04. The number of nitrogens with zero attached hydrogens (tertiary/aromatic N) is 1. The first-order valence-corrected chi connectivity index (χ1v) is 5.60. The Kier molecular flexibility index (Phi) is 4.64. The monoisotopic (exact) mass is 208 g/mol. The van der Waals surface area contributed by atoms with Crippen LogP contribution in [0.3, 0.4) is 0 Å². The van der Waals surface area contributed by atoms with Crippen molar-refractivity contribution in [2.75, 3.05) is 6.54 Å². The number of hydrogen-bond acceptors (Lipinski definition) is 3. The van der Waals surface area contributed by atoms with Crippen LogP contribution in [0.15, 0.2) is 6.20 Å². The molecule has 0 fully saturated rings. The zero-order chi connectivity index (χ0) is 10.4. The molecule has 1 aromatic rings. The Morgan fingerprint density at radius 3 is 2.93 bits per heavy atom. The summed E-state index contributed by atoms with van der Waals surface area (Å²) in [7, 11) is 0. The molecule has 0 amide bonds. The van der Waals surface area contributed by atoms with Gasteiger partial charge in [-0.25, -0.2) is 4.98 Å². The minimum absolute atomic E-state index is 0.532. The first-order chi connectivity index (χ1) is 6.74. The van der Waals surface area contributed by atoms with Crippen molar-refractivity contribution in [2.45, 2.75) is 33.2 Å². The van der Waals surface area contributed by atoms with Gasteiger partial charge in [0, 0.05) is 23.5 Å². The van der Waals surface area contributed by atoms with Crippen LogP contribution in [0.5, 0.6) is 0 Å². The summed E-state index contributed by atoms with van der Waals surface area (Å²) >= 11 is 1.78. The van der Waals surface area contributed by atoms with E-state index in [4.69, 9.17) is 0 Å². The van der Waals surface area contributed by atoms with E-state index in [1.54, 1.807) is 11.3 Å². The summed E-state index contributed by atoms with van der Waals surface area (Å²) in [6, 6.07) is 0. The summed E-state index contributed by atoms with van der Waals surface area (Å²) in [4.78, 5) is 5.64. The second-order valence-corrected chi connectivity index (χ2v) is 4.50. The molecule has 0 aliphatic rings. The van der Waals surface area contributed by atoms with E-state index in [9.17, 15) is 0 Å². The van der Waals surface area contributed by atoms with Gasteiger partial charge in [0.05, 0.1) is 11.6 Å². The molecule has 0 saturated heterocycles. The molecule has 3 heteroatoms. The smallest absolute Gasteiger partial charge is 0.0953 e. The summed E-state index contributed by atoms with van der Waals surface area (Å²) in [6.45, 7) is 7.81. The molecular formula is C11H16N2S. The summed E-state index contributed by atoms with van der Waals surface area (Å²) < 4.78 is 0. The van der Waals surface area contributed by atoms with E-state index >= 15 is 0 Å². The summed E-state index contributed by atoms with van der Waals surface area (Å²) in [5.74, 6) is 6.36. The second kappa shape index (κ2) is 5.79. The van der Waals surface area contributed by atoms with Crippen LogP contribution in [0.1, 0.15) is 36.6 Å². The molecule has 1 heterocycles. The molecule has 0 aliphatic heterocycles. The van der Waals surface area contributed by atoms with Crippen molar-refractivity contribution in [3.63, 3.8) is 0 Å². The predicted molar refractivity (Wildman–Crippen MR) is 61.4 cm³/mol. The van der Waals surface area contributed by atoms with Gasteiger partial charge in [0.15, 0.2) is 0 Å². The lowest BCUT2D eigenvalue weighted by atomic mass is 10.2. The van der Waals surface area contributed by atoms with Crippen molar-refractivity contribution in [2.24, 2.45) is 0 Å². The maximum Gasteiger partial charge on any atom is 0.0953 e. The molecule has 0 aliphatic carbocycles. The molecule has 14 heavy (non-hydrogen) atoms. The molecule has 0 aromatic carbocycles. The third-order valence-electron chi connectivity index (χ3n) is 1.75. The normalized spacial score (nSPS) is 10.0. The number of nitrogens with one attached hydrogen (secondary N) is 1. The van der Waals surface area contributed by atoms with Gasteiger partial charge in [-0.05, 0) is 6.92 Å². The molecule has 76 valence electrons. The summed E-state index contributed by atoms with van der Waals surface area (Å²) in [5.41, 5.74) is 0. The van der Waals surface area contributed by atoms with Crippen molar-refractivity contribution >= 4 is 11.3 Å². The highest BCUT2D eigenvalue weighted by molar-refractivity contribution is 7.11. The molecule has 0 unspecified atom stereocenters. The van der Waals surface area contributed by atoms with E-state index in [1.165, 1.54) is 9.88 Å². The lowest BCUT2D eigenvalue weighted by Gasteiger charge is -1.97. The molecule has 0 radical (unpaired) electrons. The van der Waals surface area contributed by atoms with Gasteiger partial charge in [-0.1, -0.05) is 19.8 Å². The highest BCUT2D eigenvalue weighted by Crippen LogP contribution is 2.20. The van der Waals surface area contributed by atoms with Gasteiger partial charge in [-0.3, -0.25) is 0 Å². The van der Waals surface area contributed by atoms with Crippen molar-refractivity contribution in [1.82, 2.24) is 10.3 Å². The zero-order valence-corrected chi connectivity index (χ0v) is 9.74. The van der Waals surface area contributed by atoms with Crippen molar-refractivity contribution < 1.29 is 0 Å². The molecule has 2 nitrogen and oxygen atoms in total. The number of thiazole rings is 1. The Morgan fingerprint density at radius 2 is 2.36 bits per heavy atom. The fourth-order valence-electron chi connectivity index (χ4n) is 1.01. The average molecular weight is 208 g/mol. The highest BCUT2D eigenvalue weighted by atomic mass is 32.1. The van der Waals surface area contributed by atoms with Gasteiger partial charge in [0.25, 0.3) is 0 Å². The SMILES string of the molecule is CC#CCNCc1cnc(C(C)C)s1. The largest absolute Gasteiger partial charge is 0.301 e. The fraction of sp³-hybridized carbons (Fsp3) is 0.545. The van der Waals surface area contributed by atoms with Crippen LogP contribution in [0.25, 0.3) is 0 Å². The Hall–Kier alpha value is -0.850. The molecule has 1 rings (SSSR count). The Balaban J connectivity index is 2.38. The molecule has 0 bridgehead atoms. The van der Waals surface area contributed by atoms with E-state index in [-0.39, 0.29) is 0 Å². The summed E-state index contributed by atoms with van der Waals surface area (Å²) in [5, 5.41) is 4.46. The van der Waals surface area contributed by atoms with Crippen LogP contribution >= 0.6 is 11.3 Å². The van der Waals surface area contributed by atoms with Crippen LogP contribution in [-0.2, 0) is 6.54 Å². The van der Waals surface area contributed by atoms with Gasteiger partial charge in [-0.15, -0.1) is 17.3 Å². The molecular weight excluding hydrogens is 192 g/mol. The minimum atomic E-state index is 0.532. The lowest BCUT2D eigenvalue weighted by Crippen LogP contribution is -2.11. The maximum atomic E-state index is 4.36. The molecule has 0 saturated carbocycles. The third-order valence-corrected chi connectivity index (χ3v) is 3.05. The van der Waals surface area contributed by atoms with E-state index in [0.29, 0.717) is 5.92 Å². The van der Waals surface area contributed by atoms with E-state index in [2.05, 4.69) is 36.0 Å². The number of hydrogen-bond donors (Lipinski definition) is 1. The van der Waals surface area contributed by atoms with Crippen molar-refractivity contribution in [3.8, 4) is 11.8 Å². The van der Waals surface area contributed by atoms with Crippen LogP contribution < -0.4 is 5.32 Å². The Labute approximate surface area is 89.8 Å². The number of rotatable bonds is 4. The first kappa shape index (κ1) is 11.2. The van der Waals surface area contributed by atoms with Gasteiger partial charge in [0.2, 0.25) is 0 Å². The summed E-state index contributed by atoms with van der Waals surface area (Å²) in [6.07, 6.45) is 1.95. The molecule has 1 aromatic heterocycles. The quantitative estimate of drug-likeness (QED) is 0.607. The molecule has 1 N–H and O–H groups in total. The maximum absolute atomic E-state index is 4.36. The van der Waals surface area contributed by atoms with E-state index in [0.717, 1.165) is 13.1 Å². The van der Waals surface area contributed by atoms with Gasteiger partial charge < -0.3 is 5.32 Å². The van der Waals surface area contributed by atoms with Gasteiger partial charge in [0.1, 0.15) is 0 Å². The Morgan fingerprint density at radius 1 is 1.57 bits per heavy atom. The predicted octanol–water partition coefficient (Wildman–Crippen LogP) is 2.38. The van der Waals surface area contributed by atoms with Crippen LogP contribution in [0.4, 0.5) is 0 Å². The topological polar surface area (TPSA) is 24.9 Å². The third kappa shape index (κ3) is 3.49. The molecule has 0 spiro atoms. The minimum Gasteiger partial charge on any atom is -0.301 e. The first-order valence-electron chi connectivity index (χ1n) is 4.79. The lowest BCUT2D eigenvalue weighted by molar-refractivity contribution is 0.779. The van der Waals surface area contributed by atoms with Gasteiger partial charge >= 0.3 is 0 Å². The second-order valence-electron chi connectivity index (χ2n) is 3.35. The fourth-order valence-corrected chi connectivity index (χ4v) is 1.90. The van der Waals surface area contributed by atoms with Crippen LogP contribution in [0, 0.1) is 11.8 Å². The Bertz CT molecular complexity index is 331. The van der Waals surface area contributed by atoms with Crippen molar-refractivity contribution in [1.29, 1.82) is 0 Å². The van der Waals surface area contributed by atoms with E-state index in [1.807, 2.05) is 13.1 Å². The van der Waals surface area contributed by atoms with E-state index < -0.39 is 0 Å². The van der Waals surface area contributed by atoms with Crippen molar-refractivity contribution in [3.05, 3.63) is 16.1 Å². The van der Waals surface area contributed by atoms with Gasteiger partial charge in [-0.2, -0.15) is 0 Å². The molecule has 0 atom stereocenters. The van der Waals surface area contributed by atoms with Crippen LogP contribution in [-0.4, -0.2) is 11.5 Å². The van der Waals surface area contributed by atoms with Crippen LogP contribution in [0.2, 0.25) is 0 Å².